The van der Waals surface area contributed by atoms with Crippen LogP contribution in [0, 0.1) is 0 Å². The van der Waals surface area contributed by atoms with Gasteiger partial charge in [0.2, 0.25) is 0 Å². The molecule has 0 amide bonds. The van der Waals surface area contributed by atoms with Crippen LogP contribution >= 0.6 is 0 Å². The minimum atomic E-state index is 0.986. The average molecular weight is 562 g/mol. The summed E-state index contributed by atoms with van der Waals surface area (Å²) < 4.78 is 4.73. The van der Waals surface area contributed by atoms with Crippen molar-refractivity contribution in [1.29, 1.82) is 0 Å². The predicted octanol–water partition coefficient (Wildman–Crippen LogP) is 10.6. The monoisotopic (exact) mass is 561 g/mol. The summed E-state index contributed by atoms with van der Waals surface area (Å²) in [6.07, 6.45) is 1.94. The van der Waals surface area contributed by atoms with Crippen LogP contribution in [0.4, 0.5) is 0 Å². The molecule has 0 aliphatic rings. The lowest BCUT2D eigenvalue weighted by Crippen LogP contribution is -1.96. The topological polar surface area (TPSA) is 22.8 Å². The van der Waals surface area contributed by atoms with E-state index < -0.39 is 0 Å². The van der Waals surface area contributed by atoms with E-state index in [1.54, 1.807) is 0 Å². The van der Waals surface area contributed by atoms with Crippen molar-refractivity contribution in [3.8, 4) is 33.8 Å². The van der Waals surface area contributed by atoms with Crippen molar-refractivity contribution in [3.63, 3.8) is 0 Å². The second-order valence-electron chi connectivity index (χ2n) is 11.2. The smallest absolute Gasteiger partial charge is 0.0948 e. The molecule has 0 aliphatic heterocycles. The minimum absolute atomic E-state index is 0.986. The van der Waals surface area contributed by atoms with Crippen LogP contribution < -0.4 is 0 Å². The van der Waals surface area contributed by atoms with E-state index in [2.05, 4.69) is 167 Å². The molecule has 9 aromatic rings. The summed E-state index contributed by atoms with van der Waals surface area (Å²) in [6.45, 7) is 0. The van der Waals surface area contributed by atoms with Gasteiger partial charge in [-0.25, -0.2) is 0 Å². The zero-order valence-electron chi connectivity index (χ0n) is 23.9. The largest absolute Gasteiger partial charge is 0.309 e. The van der Waals surface area contributed by atoms with E-state index in [9.17, 15) is 0 Å². The lowest BCUT2D eigenvalue weighted by molar-refractivity contribution is 1.17. The maximum Gasteiger partial charge on any atom is 0.0948 e. The zero-order valence-corrected chi connectivity index (χ0v) is 23.9. The maximum absolute atomic E-state index is 4.91. The molecular formula is C41H27N3. The van der Waals surface area contributed by atoms with E-state index in [0.717, 1.165) is 22.5 Å². The van der Waals surface area contributed by atoms with Crippen LogP contribution in [0.25, 0.3) is 77.4 Å². The Morgan fingerprint density at radius 3 is 1.57 bits per heavy atom. The van der Waals surface area contributed by atoms with E-state index >= 15 is 0 Å². The number of benzene rings is 6. The Morgan fingerprint density at radius 1 is 0.364 bits per heavy atom. The van der Waals surface area contributed by atoms with Crippen LogP contribution in [-0.4, -0.2) is 14.1 Å². The molecule has 0 saturated carbocycles. The van der Waals surface area contributed by atoms with E-state index in [-0.39, 0.29) is 0 Å². The molecule has 3 heteroatoms. The molecule has 0 unspecified atom stereocenters. The summed E-state index contributed by atoms with van der Waals surface area (Å²) in [5, 5.41) is 4.92. The van der Waals surface area contributed by atoms with Gasteiger partial charge in [0.15, 0.2) is 0 Å². The van der Waals surface area contributed by atoms with Gasteiger partial charge >= 0.3 is 0 Å². The Hall–Kier alpha value is -5.93. The molecule has 3 aromatic heterocycles. The number of pyridine rings is 1. The summed E-state index contributed by atoms with van der Waals surface area (Å²) in [5.74, 6) is 0. The van der Waals surface area contributed by atoms with Crippen LogP contribution in [0.1, 0.15) is 0 Å². The fraction of sp³-hybridized carbons (Fsp3) is 0. The van der Waals surface area contributed by atoms with Gasteiger partial charge in [0.1, 0.15) is 0 Å². The fourth-order valence-electron chi connectivity index (χ4n) is 6.80. The second-order valence-corrected chi connectivity index (χ2v) is 11.2. The molecule has 0 aliphatic carbocycles. The highest BCUT2D eigenvalue weighted by Crippen LogP contribution is 2.40. The molecule has 0 fully saturated rings. The highest BCUT2D eigenvalue weighted by Gasteiger charge is 2.19. The van der Waals surface area contributed by atoms with Crippen molar-refractivity contribution in [3.05, 3.63) is 164 Å². The molecule has 44 heavy (non-hydrogen) atoms. The van der Waals surface area contributed by atoms with Gasteiger partial charge in [0.25, 0.3) is 0 Å². The van der Waals surface area contributed by atoms with Gasteiger partial charge in [-0.05, 0) is 71.8 Å². The number of para-hydroxylation sites is 3. The normalized spacial score (nSPS) is 11.6. The van der Waals surface area contributed by atoms with E-state index in [4.69, 9.17) is 4.98 Å². The van der Waals surface area contributed by atoms with E-state index in [0.29, 0.717) is 0 Å². The van der Waals surface area contributed by atoms with Crippen molar-refractivity contribution >= 4 is 43.6 Å². The van der Waals surface area contributed by atoms with Gasteiger partial charge in [-0.3, -0.25) is 4.98 Å². The first-order valence-corrected chi connectivity index (χ1v) is 15.0. The van der Waals surface area contributed by atoms with E-state index in [1.807, 2.05) is 6.20 Å². The van der Waals surface area contributed by atoms with Crippen molar-refractivity contribution in [2.45, 2.75) is 0 Å². The number of hydrogen-bond acceptors (Lipinski definition) is 1. The quantitative estimate of drug-likeness (QED) is 0.210. The van der Waals surface area contributed by atoms with Crippen molar-refractivity contribution < 1.29 is 0 Å². The average Bonchev–Trinajstić information content (AvgIpc) is 3.62. The highest BCUT2D eigenvalue weighted by atomic mass is 15.0. The second kappa shape index (κ2) is 9.82. The maximum atomic E-state index is 4.91. The zero-order chi connectivity index (χ0) is 29.0. The summed E-state index contributed by atoms with van der Waals surface area (Å²) in [4.78, 5) is 4.91. The fourth-order valence-corrected chi connectivity index (χ4v) is 6.80. The SMILES string of the molecule is c1ccc(-c2nccc3c4cc(-c5ccc6c(c5)c5ccccc5n6-c5ccccc5)ccc4n(-c4ccccc4)c23)cc1. The number of nitrogens with zero attached hydrogens (tertiary/aromatic N) is 3. The molecular weight excluding hydrogens is 534 g/mol. The Bertz CT molecular complexity index is 2470. The third-order valence-corrected chi connectivity index (χ3v) is 8.76. The minimum Gasteiger partial charge on any atom is -0.309 e. The third kappa shape index (κ3) is 3.73. The molecule has 206 valence electrons. The van der Waals surface area contributed by atoms with Crippen LogP contribution in [-0.2, 0) is 0 Å². The first-order valence-electron chi connectivity index (χ1n) is 15.0. The molecule has 9 rings (SSSR count). The summed E-state index contributed by atoms with van der Waals surface area (Å²) >= 11 is 0. The van der Waals surface area contributed by atoms with Crippen LogP contribution in [0.2, 0.25) is 0 Å². The molecule has 0 atom stereocenters. The first-order chi connectivity index (χ1) is 21.8. The van der Waals surface area contributed by atoms with Crippen LogP contribution in [0.5, 0.6) is 0 Å². The molecule has 6 aromatic carbocycles. The molecule has 0 bridgehead atoms. The standard InChI is InChI=1S/C41H27N3/c1-4-12-28(13-5-1)40-41-34(24-25-42-40)36-27-30(21-23-39(36)44(41)32-16-8-3-9-17-32)29-20-22-38-35(26-29)33-18-10-11-19-37(33)43(38)31-14-6-2-7-15-31/h1-27H. The molecule has 3 heterocycles. The van der Waals surface area contributed by atoms with Crippen LogP contribution in [0.3, 0.4) is 0 Å². The molecule has 0 spiro atoms. The molecule has 3 nitrogen and oxygen atoms in total. The van der Waals surface area contributed by atoms with Gasteiger partial charge in [0, 0.05) is 44.7 Å². The molecule has 0 radical (unpaired) electrons. The molecule has 0 saturated heterocycles. The Balaban J connectivity index is 1.30. The third-order valence-electron chi connectivity index (χ3n) is 8.76. The van der Waals surface area contributed by atoms with Gasteiger partial charge in [-0.2, -0.15) is 0 Å². The Morgan fingerprint density at radius 2 is 0.886 bits per heavy atom. The summed E-state index contributed by atoms with van der Waals surface area (Å²) in [7, 11) is 0. The summed E-state index contributed by atoms with van der Waals surface area (Å²) in [6, 6.07) is 56.3. The number of rotatable bonds is 4. The lowest BCUT2D eigenvalue weighted by Gasteiger charge is -2.11. The summed E-state index contributed by atoms with van der Waals surface area (Å²) in [5.41, 5.74) is 11.5. The highest BCUT2D eigenvalue weighted by molar-refractivity contribution is 6.14. The van der Waals surface area contributed by atoms with Gasteiger partial charge in [-0.15, -0.1) is 0 Å². The van der Waals surface area contributed by atoms with Crippen molar-refractivity contribution in [2.75, 3.05) is 0 Å². The van der Waals surface area contributed by atoms with Crippen molar-refractivity contribution in [1.82, 2.24) is 14.1 Å². The lowest BCUT2D eigenvalue weighted by atomic mass is 10.0. The number of fused-ring (bicyclic) bond motifs is 6. The number of aromatic nitrogens is 3. The Labute approximate surface area is 254 Å². The predicted molar refractivity (Wildman–Crippen MR) is 184 cm³/mol. The van der Waals surface area contributed by atoms with Gasteiger partial charge in [0.05, 0.1) is 27.8 Å². The first kappa shape index (κ1) is 24.6. The molecule has 0 N–H and O–H groups in total. The van der Waals surface area contributed by atoms with Crippen LogP contribution in [0.15, 0.2) is 164 Å². The van der Waals surface area contributed by atoms with Gasteiger partial charge in [-0.1, -0.05) is 97.1 Å². The number of hydrogen-bond donors (Lipinski definition) is 0. The van der Waals surface area contributed by atoms with E-state index in [1.165, 1.54) is 54.9 Å². The van der Waals surface area contributed by atoms with Gasteiger partial charge < -0.3 is 9.13 Å². The van der Waals surface area contributed by atoms with Crippen molar-refractivity contribution in [2.24, 2.45) is 0 Å². The Kier molecular flexibility index (Phi) is 5.50.